The lowest BCUT2D eigenvalue weighted by atomic mass is 10.1. The molecule has 0 saturated heterocycles. The van der Waals surface area contributed by atoms with Crippen molar-refractivity contribution in [1.82, 2.24) is 4.98 Å². The fourth-order valence-electron chi connectivity index (χ4n) is 2.95. The van der Waals surface area contributed by atoms with E-state index in [1.165, 1.54) is 0 Å². The van der Waals surface area contributed by atoms with Gasteiger partial charge in [0.25, 0.3) is 5.56 Å². The fraction of sp³-hybridized carbons (Fsp3) is 0.250. The van der Waals surface area contributed by atoms with Crippen LogP contribution in [0.5, 0.6) is 17.2 Å². The maximum atomic E-state index is 12.4. The van der Waals surface area contributed by atoms with E-state index in [0.29, 0.717) is 43.4 Å². The summed E-state index contributed by atoms with van der Waals surface area (Å²) in [7, 11) is 0. The maximum absolute atomic E-state index is 12.4. The van der Waals surface area contributed by atoms with Crippen LogP contribution in [0.1, 0.15) is 12.5 Å². The van der Waals surface area contributed by atoms with Gasteiger partial charge in [0, 0.05) is 29.2 Å². The molecule has 0 atom stereocenters. The van der Waals surface area contributed by atoms with Gasteiger partial charge in [-0.2, -0.15) is 0 Å². The molecule has 6 nitrogen and oxygen atoms in total. The molecule has 0 amide bonds. The van der Waals surface area contributed by atoms with Gasteiger partial charge in [0.05, 0.1) is 12.1 Å². The Morgan fingerprint density at radius 2 is 1.81 bits per heavy atom. The third-order valence-electron chi connectivity index (χ3n) is 4.23. The van der Waals surface area contributed by atoms with E-state index in [0.717, 1.165) is 22.3 Å². The molecule has 0 unspecified atom stereocenters. The summed E-state index contributed by atoms with van der Waals surface area (Å²) in [4.78, 5) is 15.3. The van der Waals surface area contributed by atoms with Gasteiger partial charge in [-0.05, 0) is 43.3 Å². The molecule has 2 heterocycles. The first-order chi connectivity index (χ1) is 12.7. The second-order valence-electron chi connectivity index (χ2n) is 6.02. The average Bonchev–Trinajstić information content (AvgIpc) is 2.66. The average molecular weight is 352 g/mol. The number of aromatic amines is 1. The lowest BCUT2D eigenvalue weighted by molar-refractivity contribution is 0.172. The zero-order valence-corrected chi connectivity index (χ0v) is 14.5. The molecule has 1 aliphatic rings. The molecule has 3 aromatic rings. The van der Waals surface area contributed by atoms with Crippen LogP contribution >= 0.6 is 0 Å². The number of H-pyrrole nitrogens is 1. The highest BCUT2D eigenvalue weighted by Gasteiger charge is 2.14. The molecule has 6 heteroatoms. The predicted molar refractivity (Wildman–Crippen MR) is 100 cm³/mol. The first-order valence-corrected chi connectivity index (χ1v) is 8.65. The van der Waals surface area contributed by atoms with E-state index >= 15 is 0 Å². The van der Waals surface area contributed by atoms with Gasteiger partial charge in [0.15, 0.2) is 11.5 Å². The molecule has 0 fully saturated rings. The van der Waals surface area contributed by atoms with Gasteiger partial charge in [0.2, 0.25) is 0 Å². The second-order valence-corrected chi connectivity index (χ2v) is 6.02. The number of ether oxygens (including phenoxy) is 3. The molecule has 0 radical (unpaired) electrons. The largest absolute Gasteiger partial charge is 0.494 e. The molecule has 0 spiro atoms. The summed E-state index contributed by atoms with van der Waals surface area (Å²) in [6.45, 7) is 4.07. The second kappa shape index (κ2) is 7.00. The normalized spacial score (nSPS) is 12.8. The van der Waals surface area contributed by atoms with Crippen molar-refractivity contribution in [2.24, 2.45) is 0 Å². The lowest BCUT2D eigenvalue weighted by Crippen LogP contribution is -2.17. The smallest absolute Gasteiger partial charge is 0.253 e. The molecule has 0 bridgehead atoms. The maximum Gasteiger partial charge on any atom is 0.253 e. The van der Waals surface area contributed by atoms with E-state index in [9.17, 15) is 4.79 Å². The summed E-state index contributed by atoms with van der Waals surface area (Å²) in [6, 6.07) is 13.3. The molecule has 0 aliphatic carbocycles. The first-order valence-electron chi connectivity index (χ1n) is 8.65. The van der Waals surface area contributed by atoms with Crippen LogP contribution < -0.4 is 25.1 Å². The zero-order chi connectivity index (χ0) is 17.9. The number of hydrogen-bond donors (Lipinski definition) is 2. The summed E-state index contributed by atoms with van der Waals surface area (Å²) < 4.78 is 16.6. The zero-order valence-electron chi connectivity index (χ0n) is 14.5. The molecule has 2 N–H and O–H groups in total. The highest BCUT2D eigenvalue weighted by molar-refractivity contribution is 5.83. The first kappa shape index (κ1) is 16.3. The number of pyridine rings is 1. The van der Waals surface area contributed by atoms with Crippen LogP contribution in [0.2, 0.25) is 0 Å². The summed E-state index contributed by atoms with van der Waals surface area (Å²) >= 11 is 0. The molecular formula is C20H20N2O4. The molecule has 4 rings (SSSR count). The van der Waals surface area contributed by atoms with Gasteiger partial charge >= 0.3 is 0 Å². The van der Waals surface area contributed by atoms with Crippen LogP contribution in [0.15, 0.2) is 47.3 Å². The minimum Gasteiger partial charge on any atom is -0.494 e. The number of benzene rings is 2. The van der Waals surface area contributed by atoms with Gasteiger partial charge in [-0.3, -0.25) is 4.79 Å². The Balaban J connectivity index is 1.56. The number of hydrogen-bond acceptors (Lipinski definition) is 5. The highest BCUT2D eigenvalue weighted by Crippen LogP contribution is 2.33. The van der Waals surface area contributed by atoms with Crippen molar-refractivity contribution in [2.75, 3.05) is 25.1 Å². The quantitative estimate of drug-likeness (QED) is 0.737. The van der Waals surface area contributed by atoms with Gasteiger partial charge in [0.1, 0.15) is 19.0 Å². The highest BCUT2D eigenvalue weighted by atomic mass is 16.6. The van der Waals surface area contributed by atoms with Crippen molar-refractivity contribution in [3.05, 3.63) is 58.4 Å². The van der Waals surface area contributed by atoms with Crippen molar-refractivity contribution in [1.29, 1.82) is 0 Å². The molecular weight excluding hydrogens is 332 g/mol. The van der Waals surface area contributed by atoms with E-state index < -0.39 is 0 Å². The Labute approximate surface area is 150 Å². The Morgan fingerprint density at radius 3 is 2.54 bits per heavy atom. The molecule has 2 aromatic carbocycles. The summed E-state index contributed by atoms with van der Waals surface area (Å²) in [5.41, 5.74) is 2.20. The van der Waals surface area contributed by atoms with Gasteiger partial charge < -0.3 is 24.5 Å². The van der Waals surface area contributed by atoms with Gasteiger partial charge in [-0.1, -0.05) is 0 Å². The molecule has 26 heavy (non-hydrogen) atoms. The third-order valence-corrected chi connectivity index (χ3v) is 4.23. The monoisotopic (exact) mass is 352 g/mol. The summed E-state index contributed by atoms with van der Waals surface area (Å²) in [6.07, 6.45) is 0. The number of nitrogens with one attached hydrogen (secondary N) is 2. The van der Waals surface area contributed by atoms with E-state index in [4.69, 9.17) is 14.2 Å². The van der Waals surface area contributed by atoms with Gasteiger partial charge in [-0.15, -0.1) is 0 Å². The van der Waals surface area contributed by atoms with Crippen LogP contribution in [-0.2, 0) is 6.54 Å². The van der Waals surface area contributed by atoms with Gasteiger partial charge in [-0.25, -0.2) is 0 Å². The van der Waals surface area contributed by atoms with Crippen molar-refractivity contribution >= 4 is 16.6 Å². The third kappa shape index (κ3) is 3.31. The summed E-state index contributed by atoms with van der Waals surface area (Å²) in [5.74, 6) is 2.20. The Morgan fingerprint density at radius 1 is 1.08 bits per heavy atom. The lowest BCUT2D eigenvalue weighted by Gasteiger charge is -2.19. The van der Waals surface area contributed by atoms with Crippen LogP contribution in [0, 0.1) is 0 Å². The number of anilines is 1. The predicted octanol–water partition coefficient (Wildman–Crippen LogP) is 3.31. The van der Waals surface area contributed by atoms with Crippen molar-refractivity contribution in [2.45, 2.75) is 13.5 Å². The van der Waals surface area contributed by atoms with Crippen molar-refractivity contribution in [3.63, 3.8) is 0 Å². The number of fused-ring (bicyclic) bond motifs is 2. The van der Waals surface area contributed by atoms with E-state index in [1.807, 2.05) is 49.4 Å². The molecule has 1 aliphatic heterocycles. The van der Waals surface area contributed by atoms with Crippen LogP contribution in [0.3, 0.4) is 0 Å². The Hall–Kier alpha value is -3.15. The fourth-order valence-corrected chi connectivity index (χ4v) is 2.95. The van der Waals surface area contributed by atoms with E-state index in [-0.39, 0.29) is 5.56 Å². The molecule has 134 valence electrons. The molecule has 0 saturated carbocycles. The minimum absolute atomic E-state index is 0.118. The standard InChI is InChI=1S/C20H20N2O4/c1-2-24-16-5-3-15(4-6-16)21-12-14-9-13-10-18-19(26-8-7-25-18)11-17(13)22-20(14)23/h3-6,9-11,21H,2,7-8,12H2,1H3,(H,22,23). The Kier molecular flexibility index (Phi) is 4.39. The minimum atomic E-state index is -0.118. The van der Waals surface area contributed by atoms with E-state index in [1.54, 1.807) is 0 Å². The Bertz CT molecular complexity index is 980. The SMILES string of the molecule is CCOc1ccc(NCc2cc3cc4c(cc3[nH]c2=O)OCCO4)cc1. The summed E-state index contributed by atoms with van der Waals surface area (Å²) in [5, 5.41) is 4.18. The van der Waals surface area contributed by atoms with E-state index in [2.05, 4.69) is 10.3 Å². The topological polar surface area (TPSA) is 72.6 Å². The molecule has 1 aromatic heterocycles. The van der Waals surface area contributed by atoms with Crippen LogP contribution in [0.25, 0.3) is 10.9 Å². The number of rotatable bonds is 5. The van der Waals surface area contributed by atoms with Crippen LogP contribution in [0.4, 0.5) is 5.69 Å². The van der Waals surface area contributed by atoms with Crippen molar-refractivity contribution in [3.8, 4) is 17.2 Å². The van der Waals surface area contributed by atoms with Crippen molar-refractivity contribution < 1.29 is 14.2 Å². The number of aromatic nitrogens is 1. The van der Waals surface area contributed by atoms with Crippen LogP contribution in [-0.4, -0.2) is 24.8 Å².